The van der Waals surface area contributed by atoms with Crippen LogP contribution in [0, 0.1) is 11.2 Å². The maximum Gasteiger partial charge on any atom is 0.310 e. The Balaban J connectivity index is 1.99. The Morgan fingerprint density at radius 2 is 2.03 bits per heavy atom. The van der Waals surface area contributed by atoms with E-state index in [0.717, 1.165) is 54.0 Å². The van der Waals surface area contributed by atoms with Crippen molar-refractivity contribution in [2.24, 2.45) is 5.41 Å². The number of ether oxygens (including phenoxy) is 1. The number of carboxylic acids is 1. The van der Waals surface area contributed by atoms with Crippen molar-refractivity contribution >= 4 is 11.5 Å². The zero-order chi connectivity index (χ0) is 21.9. The van der Waals surface area contributed by atoms with Gasteiger partial charge in [0.15, 0.2) is 0 Å². The summed E-state index contributed by atoms with van der Waals surface area (Å²) in [6.45, 7) is 11.7. The first kappa shape index (κ1) is 22.0. The van der Waals surface area contributed by atoms with Crippen LogP contribution in [0.4, 0.5) is 4.39 Å². The summed E-state index contributed by atoms with van der Waals surface area (Å²) in [6.07, 6.45) is 7.29. The highest BCUT2D eigenvalue weighted by Gasteiger charge is 2.31. The zero-order valence-electron chi connectivity index (χ0n) is 18.0. The second kappa shape index (κ2) is 9.00. The Morgan fingerprint density at radius 1 is 1.33 bits per heavy atom. The molecule has 2 aliphatic heterocycles. The molecule has 0 unspecified atom stereocenters. The molecule has 1 aromatic carbocycles. The molecule has 30 heavy (non-hydrogen) atoms. The van der Waals surface area contributed by atoms with E-state index in [4.69, 9.17) is 4.74 Å². The van der Waals surface area contributed by atoms with E-state index in [1.807, 2.05) is 25.1 Å². The third-order valence-corrected chi connectivity index (χ3v) is 5.84. The van der Waals surface area contributed by atoms with Gasteiger partial charge in [-0.3, -0.25) is 4.79 Å². The molecule has 0 amide bonds. The largest absolute Gasteiger partial charge is 0.493 e. The van der Waals surface area contributed by atoms with E-state index < -0.39 is 11.4 Å². The number of hydrogen-bond donors (Lipinski definition) is 1. The van der Waals surface area contributed by atoms with Gasteiger partial charge < -0.3 is 14.7 Å². The summed E-state index contributed by atoms with van der Waals surface area (Å²) >= 11 is 0. The number of carboxylic acid groups (broad SMARTS) is 1. The van der Waals surface area contributed by atoms with E-state index >= 15 is 0 Å². The van der Waals surface area contributed by atoms with Gasteiger partial charge in [-0.25, -0.2) is 4.39 Å². The maximum atomic E-state index is 13.9. The zero-order valence-corrected chi connectivity index (χ0v) is 18.0. The van der Waals surface area contributed by atoms with Crippen molar-refractivity contribution in [3.05, 3.63) is 76.9 Å². The Hall–Kier alpha value is -2.66. The molecule has 0 aliphatic carbocycles. The van der Waals surface area contributed by atoms with Gasteiger partial charge in [-0.2, -0.15) is 0 Å². The molecule has 160 valence electrons. The monoisotopic (exact) mass is 411 g/mol. The number of piperidine rings is 1. The van der Waals surface area contributed by atoms with E-state index in [2.05, 4.69) is 11.5 Å². The molecule has 0 bridgehead atoms. The standard InChI is InChI=1S/C25H30FNO3/c1-5-6-7-21-17(2)30-15-19-14-20(26)8-9-22(19)23(21)18-10-12-27(13-11-18)16-25(3,4)24(28)29/h5-9,14H,1,10-13,15-16H2,2-4H3,(H,28,29)/b7-6-. The number of hydrogen-bond acceptors (Lipinski definition) is 3. The molecule has 1 saturated heterocycles. The molecule has 1 fully saturated rings. The van der Waals surface area contributed by atoms with E-state index in [1.165, 1.54) is 11.6 Å². The lowest BCUT2D eigenvalue weighted by molar-refractivity contribution is -0.148. The fourth-order valence-electron chi connectivity index (χ4n) is 4.11. The highest BCUT2D eigenvalue weighted by Crippen LogP contribution is 2.39. The normalized spacial score (nSPS) is 18.3. The van der Waals surface area contributed by atoms with Crippen LogP contribution in [0.1, 0.15) is 44.7 Å². The van der Waals surface area contributed by atoms with E-state index in [-0.39, 0.29) is 5.82 Å². The molecule has 0 saturated carbocycles. The quantitative estimate of drug-likeness (QED) is 0.665. The van der Waals surface area contributed by atoms with Crippen molar-refractivity contribution in [1.29, 1.82) is 0 Å². The molecule has 1 aromatic rings. The van der Waals surface area contributed by atoms with Crippen molar-refractivity contribution in [2.45, 2.75) is 40.2 Å². The molecule has 1 N–H and O–H groups in total. The Bertz CT molecular complexity index is 930. The fourth-order valence-corrected chi connectivity index (χ4v) is 4.11. The summed E-state index contributed by atoms with van der Waals surface area (Å²) < 4.78 is 19.8. The van der Waals surface area contributed by atoms with Crippen LogP contribution in [0.5, 0.6) is 0 Å². The highest BCUT2D eigenvalue weighted by molar-refractivity contribution is 5.86. The number of halogens is 1. The van der Waals surface area contributed by atoms with Crippen molar-refractivity contribution in [1.82, 2.24) is 4.90 Å². The first-order chi connectivity index (χ1) is 14.2. The van der Waals surface area contributed by atoms with Crippen molar-refractivity contribution in [2.75, 3.05) is 19.6 Å². The third-order valence-electron chi connectivity index (χ3n) is 5.84. The Labute approximate surface area is 178 Å². The molecule has 5 heteroatoms. The minimum Gasteiger partial charge on any atom is -0.493 e. The van der Waals surface area contributed by atoms with Crippen LogP contribution in [-0.4, -0.2) is 35.6 Å². The lowest BCUT2D eigenvalue weighted by Crippen LogP contribution is -2.42. The van der Waals surface area contributed by atoms with Crippen LogP contribution >= 0.6 is 0 Å². The smallest absolute Gasteiger partial charge is 0.310 e. The lowest BCUT2D eigenvalue weighted by Gasteiger charge is -2.34. The molecule has 2 heterocycles. The summed E-state index contributed by atoms with van der Waals surface area (Å²) in [6, 6.07) is 4.89. The molecule has 2 aliphatic rings. The van der Waals surface area contributed by atoms with E-state index in [0.29, 0.717) is 13.2 Å². The average molecular weight is 412 g/mol. The van der Waals surface area contributed by atoms with Crippen LogP contribution in [0.25, 0.3) is 5.57 Å². The van der Waals surface area contributed by atoms with Gasteiger partial charge in [0.2, 0.25) is 0 Å². The van der Waals surface area contributed by atoms with Crippen LogP contribution in [0.15, 0.2) is 59.9 Å². The van der Waals surface area contributed by atoms with Crippen LogP contribution in [-0.2, 0) is 16.1 Å². The summed E-state index contributed by atoms with van der Waals surface area (Å²) in [5, 5.41) is 9.43. The summed E-state index contributed by atoms with van der Waals surface area (Å²) in [5.41, 5.74) is 4.46. The molecular formula is C25H30FNO3. The van der Waals surface area contributed by atoms with Crippen LogP contribution in [0.2, 0.25) is 0 Å². The maximum absolute atomic E-state index is 13.9. The van der Waals surface area contributed by atoms with Gasteiger partial charge in [-0.1, -0.05) is 36.4 Å². The number of carbonyl (C=O) groups is 1. The first-order valence-electron chi connectivity index (χ1n) is 10.3. The molecule has 3 rings (SSSR count). The predicted octanol–water partition coefficient (Wildman–Crippen LogP) is 5.33. The van der Waals surface area contributed by atoms with Gasteiger partial charge in [0, 0.05) is 25.2 Å². The molecule has 4 nitrogen and oxygen atoms in total. The minimum absolute atomic E-state index is 0.268. The van der Waals surface area contributed by atoms with Crippen LogP contribution < -0.4 is 0 Å². The predicted molar refractivity (Wildman–Crippen MR) is 117 cm³/mol. The van der Waals surface area contributed by atoms with Crippen molar-refractivity contribution in [3.63, 3.8) is 0 Å². The molecule has 0 atom stereocenters. The fraction of sp³-hybridized carbons (Fsp3) is 0.400. The van der Waals surface area contributed by atoms with Gasteiger partial charge in [0.25, 0.3) is 0 Å². The second-order valence-electron chi connectivity index (χ2n) is 8.60. The van der Waals surface area contributed by atoms with Gasteiger partial charge in [-0.15, -0.1) is 0 Å². The van der Waals surface area contributed by atoms with Gasteiger partial charge in [0.05, 0.1) is 5.41 Å². The molecule has 0 aromatic heterocycles. The molecular weight excluding hydrogens is 381 g/mol. The number of benzene rings is 1. The lowest BCUT2D eigenvalue weighted by atomic mass is 9.85. The van der Waals surface area contributed by atoms with Gasteiger partial charge in [-0.05, 0) is 62.4 Å². The van der Waals surface area contributed by atoms with E-state index in [1.54, 1.807) is 26.0 Å². The highest BCUT2D eigenvalue weighted by atomic mass is 19.1. The average Bonchev–Trinajstić information content (AvgIpc) is 2.83. The second-order valence-corrected chi connectivity index (χ2v) is 8.60. The molecule has 0 radical (unpaired) electrons. The number of rotatable bonds is 5. The number of aliphatic carboxylic acids is 1. The minimum atomic E-state index is -0.779. The first-order valence-corrected chi connectivity index (χ1v) is 10.3. The number of allylic oxidation sites excluding steroid dienone is 6. The third kappa shape index (κ3) is 4.73. The number of nitrogens with zero attached hydrogens (tertiary/aromatic N) is 1. The van der Waals surface area contributed by atoms with Crippen molar-refractivity contribution in [3.8, 4) is 0 Å². The van der Waals surface area contributed by atoms with E-state index in [9.17, 15) is 14.3 Å². The van der Waals surface area contributed by atoms with Crippen molar-refractivity contribution < 1.29 is 19.0 Å². The SMILES string of the molecule is C=C/C=C\C1=C(C)OCc2cc(F)ccc2C1=C1CCN(CC(C)(C)C(=O)O)CC1. The van der Waals surface area contributed by atoms with Gasteiger partial charge >= 0.3 is 5.97 Å². The Kier molecular flexibility index (Phi) is 6.61. The van der Waals surface area contributed by atoms with Gasteiger partial charge in [0.1, 0.15) is 18.2 Å². The Morgan fingerprint density at radius 3 is 2.67 bits per heavy atom. The number of likely N-dealkylation sites (tertiary alicyclic amines) is 1. The summed E-state index contributed by atoms with van der Waals surface area (Å²) in [7, 11) is 0. The number of fused-ring (bicyclic) bond motifs is 1. The summed E-state index contributed by atoms with van der Waals surface area (Å²) in [5.74, 6) is -0.240. The molecule has 0 spiro atoms. The topological polar surface area (TPSA) is 49.8 Å². The summed E-state index contributed by atoms with van der Waals surface area (Å²) in [4.78, 5) is 13.7. The van der Waals surface area contributed by atoms with Crippen LogP contribution in [0.3, 0.4) is 0 Å².